The normalized spacial score (nSPS) is 15.4. The van der Waals surface area contributed by atoms with Gasteiger partial charge in [0.2, 0.25) is 0 Å². The molecule has 1 heterocycles. The second-order valence-corrected chi connectivity index (χ2v) is 6.39. The second kappa shape index (κ2) is 9.70. The van der Waals surface area contributed by atoms with Gasteiger partial charge in [-0.3, -0.25) is 9.59 Å². The first-order chi connectivity index (χ1) is 14.1. The van der Waals surface area contributed by atoms with Crippen molar-refractivity contribution in [1.29, 1.82) is 0 Å². The number of carbonyl (C=O) groups excluding carboxylic acids is 3. The maximum Gasteiger partial charge on any atom is 0.335 e. The lowest BCUT2D eigenvalue weighted by molar-refractivity contribution is -0.156. The number of anilines is 2. The zero-order chi connectivity index (χ0) is 20.6. The summed E-state index contributed by atoms with van der Waals surface area (Å²) in [6.07, 6.45) is 0.839. The van der Waals surface area contributed by atoms with Gasteiger partial charge in [-0.1, -0.05) is 12.1 Å². The van der Waals surface area contributed by atoms with Crippen molar-refractivity contribution in [3.63, 3.8) is 0 Å². The molecule has 0 aromatic heterocycles. The minimum atomic E-state index is -0.580. The quantitative estimate of drug-likeness (QED) is 0.695. The third-order valence-corrected chi connectivity index (χ3v) is 4.32. The Labute approximate surface area is 168 Å². The zero-order valence-electron chi connectivity index (χ0n) is 16.0. The van der Waals surface area contributed by atoms with Gasteiger partial charge in [-0.15, -0.1) is 0 Å². The van der Waals surface area contributed by atoms with Crippen LogP contribution in [0.5, 0.6) is 5.75 Å². The van der Waals surface area contributed by atoms with E-state index in [1.807, 2.05) is 6.07 Å². The van der Waals surface area contributed by atoms with Gasteiger partial charge in [0.15, 0.2) is 12.7 Å². The average Bonchev–Trinajstić information content (AvgIpc) is 3.28. The maximum atomic E-state index is 12.4. The highest BCUT2D eigenvalue weighted by molar-refractivity contribution is 6.05. The zero-order valence-corrected chi connectivity index (χ0v) is 16.0. The fraction of sp³-hybridized carbons (Fsp3) is 0.286. The molecule has 0 spiro atoms. The minimum absolute atomic E-state index is 0.308. The number of rotatable bonds is 7. The molecule has 3 rings (SSSR count). The van der Waals surface area contributed by atoms with E-state index in [2.05, 4.69) is 10.6 Å². The Hall–Kier alpha value is -3.39. The monoisotopic (exact) mass is 398 g/mol. The van der Waals surface area contributed by atoms with Crippen molar-refractivity contribution in [2.45, 2.75) is 18.9 Å². The van der Waals surface area contributed by atoms with Gasteiger partial charge in [-0.25, -0.2) is 4.79 Å². The summed E-state index contributed by atoms with van der Waals surface area (Å²) in [5.41, 5.74) is 1.46. The first kappa shape index (κ1) is 20.3. The van der Waals surface area contributed by atoms with Gasteiger partial charge < -0.3 is 24.8 Å². The van der Waals surface area contributed by atoms with Crippen LogP contribution in [0.15, 0.2) is 48.5 Å². The molecule has 1 aliphatic heterocycles. The Balaban J connectivity index is 1.50. The average molecular weight is 398 g/mol. The summed E-state index contributed by atoms with van der Waals surface area (Å²) in [7, 11) is 1.53. The number of methoxy groups -OCH3 is 1. The molecule has 2 N–H and O–H groups in total. The fourth-order valence-corrected chi connectivity index (χ4v) is 2.84. The van der Waals surface area contributed by atoms with Crippen molar-refractivity contribution >= 4 is 29.2 Å². The molecule has 0 saturated carbocycles. The summed E-state index contributed by atoms with van der Waals surface area (Å²) >= 11 is 0. The molecule has 29 heavy (non-hydrogen) atoms. The summed E-state index contributed by atoms with van der Waals surface area (Å²) in [6.45, 7) is 0.137. The Kier molecular flexibility index (Phi) is 6.80. The topological polar surface area (TPSA) is 103 Å². The summed E-state index contributed by atoms with van der Waals surface area (Å²) in [5, 5.41) is 5.39. The van der Waals surface area contributed by atoms with Crippen LogP contribution < -0.4 is 15.4 Å². The van der Waals surface area contributed by atoms with Gasteiger partial charge in [0.05, 0.1) is 12.8 Å². The van der Waals surface area contributed by atoms with Crippen molar-refractivity contribution in [2.24, 2.45) is 0 Å². The van der Waals surface area contributed by atoms with E-state index in [9.17, 15) is 14.4 Å². The van der Waals surface area contributed by atoms with Crippen LogP contribution in [-0.2, 0) is 19.1 Å². The SMILES string of the molecule is COc1ccccc1NC(=O)c1ccc(NC(=O)COC(=O)[C@H]2CCCO2)cc1. The lowest BCUT2D eigenvalue weighted by Crippen LogP contribution is -2.27. The van der Waals surface area contributed by atoms with E-state index in [0.29, 0.717) is 35.7 Å². The first-order valence-electron chi connectivity index (χ1n) is 9.19. The molecule has 1 aliphatic rings. The van der Waals surface area contributed by atoms with Crippen molar-refractivity contribution in [1.82, 2.24) is 0 Å². The molecule has 0 radical (unpaired) electrons. The number of hydrogen-bond donors (Lipinski definition) is 2. The second-order valence-electron chi connectivity index (χ2n) is 6.39. The van der Waals surface area contributed by atoms with Gasteiger partial charge in [0.25, 0.3) is 11.8 Å². The molecule has 152 valence electrons. The lowest BCUT2D eigenvalue weighted by Gasteiger charge is -2.11. The smallest absolute Gasteiger partial charge is 0.335 e. The molecule has 0 aliphatic carbocycles. The third-order valence-electron chi connectivity index (χ3n) is 4.32. The Morgan fingerprint density at radius 2 is 1.83 bits per heavy atom. The number of nitrogens with one attached hydrogen (secondary N) is 2. The van der Waals surface area contributed by atoms with Crippen LogP contribution in [-0.4, -0.2) is 44.2 Å². The van der Waals surface area contributed by atoms with Crippen LogP contribution in [0.1, 0.15) is 23.2 Å². The standard InChI is InChI=1S/C21H22N2O6/c1-27-17-6-3-2-5-16(17)23-20(25)14-8-10-15(11-9-14)22-19(24)13-29-21(26)18-7-4-12-28-18/h2-3,5-6,8-11,18H,4,7,12-13H2,1H3,(H,22,24)(H,23,25)/t18-/m1/s1. The molecule has 2 amide bonds. The largest absolute Gasteiger partial charge is 0.495 e. The van der Waals surface area contributed by atoms with Gasteiger partial charge in [0, 0.05) is 17.9 Å². The maximum absolute atomic E-state index is 12.4. The van der Waals surface area contributed by atoms with E-state index in [4.69, 9.17) is 14.2 Å². The van der Waals surface area contributed by atoms with Crippen molar-refractivity contribution < 1.29 is 28.6 Å². The van der Waals surface area contributed by atoms with E-state index in [-0.39, 0.29) is 5.91 Å². The molecule has 1 fully saturated rings. The van der Waals surface area contributed by atoms with Crippen LogP contribution in [0.3, 0.4) is 0 Å². The molecule has 0 unspecified atom stereocenters. The highest BCUT2D eigenvalue weighted by Gasteiger charge is 2.25. The number of ether oxygens (including phenoxy) is 3. The third kappa shape index (κ3) is 5.55. The summed E-state index contributed by atoms with van der Waals surface area (Å²) < 4.78 is 15.4. The van der Waals surface area contributed by atoms with E-state index >= 15 is 0 Å². The van der Waals surface area contributed by atoms with Gasteiger partial charge in [-0.05, 0) is 49.2 Å². The molecule has 2 aromatic rings. The highest BCUT2D eigenvalue weighted by atomic mass is 16.6. The molecular formula is C21H22N2O6. The fourth-order valence-electron chi connectivity index (χ4n) is 2.84. The van der Waals surface area contributed by atoms with Gasteiger partial charge >= 0.3 is 5.97 Å². The molecule has 0 bridgehead atoms. The van der Waals surface area contributed by atoms with Crippen LogP contribution in [0, 0.1) is 0 Å². The number of para-hydroxylation sites is 2. The Morgan fingerprint density at radius 1 is 1.07 bits per heavy atom. The first-order valence-corrected chi connectivity index (χ1v) is 9.19. The van der Waals surface area contributed by atoms with Crippen LogP contribution in [0.2, 0.25) is 0 Å². The number of hydrogen-bond acceptors (Lipinski definition) is 6. The summed E-state index contributed by atoms with van der Waals surface area (Å²) in [4.78, 5) is 36.1. The van der Waals surface area contributed by atoms with Gasteiger partial charge in [-0.2, -0.15) is 0 Å². The van der Waals surface area contributed by atoms with E-state index in [0.717, 1.165) is 6.42 Å². The van der Waals surface area contributed by atoms with Crippen molar-refractivity contribution in [3.05, 3.63) is 54.1 Å². The molecule has 1 atom stereocenters. The predicted octanol–water partition coefficient (Wildman–Crippen LogP) is 2.61. The van der Waals surface area contributed by atoms with Gasteiger partial charge in [0.1, 0.15) is 5.75 Å². The van der Waals surface area contributed by atoms with Crippen LogP contribution in [0.25, 0.3) is 0 Å². The molecule has 8 heteroatoms. The molecule has 2 aromatic carbocycles. The molecule has 8 nitrogen and oxygen atoms in total. The summed E-state index contributed by atoms with van der Waals surface area (Å²) in [5.74, 6) is -0.747. The Morgan fingerprint density at radius 3 is 2.52 bits per heavy atom. The Bertz CT molecular complexity index is 875. The summed E-state index contributed by atoms with van der Waals surface area (Å²) in [6, 6.07) is 13.4. The lowest BCUT2D eigenvalue weighted by atomic mass is 10.2. The highest BCUT2D eigenvalue weighted by Crippen LogP contribution is 2.24. The minimum Gasteiger partial charge on any atom is -0.495 e. The predicted molar refractivity (Wildman–Crippen MR) is 106 cm³/mol. The van der Waals surface area contributed by atoms with E-state index < -0.39 is 24.6 Å². The molecular weight excluding hydrogens is 376 g/mol. The van der Waals surface area contributed by atoms with Crippen LogP contribution >= 0.6 is 0 Å². The molecule has 1 saturated heterocycles. The van der Waals surface area contributed by atoms with E-state index in [1.54, 1.807) is 42.5 Å². The number of amides is 2. The van der Waals surface area contributed by atoms with Crippen molar-refractivity contribution in [2.75, 3.05) is 31.0 Å². The van der Waals surface area contributed by atoms with Crippen LogP contribution in [0.4, 0.5) is 11.4 Å². The number of benzene rings is 2. The van der Waals surface area contributed by atoms with Crippen molar-refractivity contribution in [3.8, 4) is 5.75 Å². The van der Waals surface area contributed by atoms with E-state index in [1.165, 1.54) is 7.11 Å². The number of esters is 1. The number of carbonyl (C=O) groups is 3.